The quantitative estimate of drug-likeness (QED) is 0.729. The van der Waals surface area contributed by atoms with E-state index in [0.717, 1.165) is 0 Å². The first-order chi connectivity index (χ1) is 8.57. The van der Waals surface area contributed by atoms with Crippen molar-refractivity contribution in [3.05, 3.63) is 23.9 Å². The number of aliphatic hydroxyl groups is 1. The van der Waals surface area contributed by atoms with Gasteiger partial charge in [0, 0.05) is 23.2 Å². The molecule has 0 saturated carbocycles. The Labute approximate surface area is 101 Å². The van der Waals surface area contributed by atoms with Crippen LogP contribution in [-0.2, 0) is 0 Å². The molecule has 16 heavy (non-hydrogen) atoms. The van der Waals surface area contributed by atoms with Gasteiger partial charge in [0.05, 0.1) is 5.69 Å². The Bertz CT molecular complexity index is 415. The lowest BCUT2D eigenvalue weighted by molar-refractivity contribution is 0.159. The fraction of sp³-hybridized carbons (Fsp3) is 0.583. The molecule has 1 rings (SSSR count). The summed E-state index contributed by atoms with van der Waals surface area (Å²) in [5.74, 6) is 0.229. The van der Waals surface area contributed by atoms with Gasteiger partial charge in [-0.15, -0.1) is 0 Å². The molecule has 4 nitrogen and oxygen atoms in total. The van der Waals surface area contributed by atoms with Crippen LogP contribution < -0.4 is 10.6 Å². The minimum Gasteiger partial charge on any atom is -0.385 e. The minimum absolute atomic E-state index is 0.102. The fourth-order valence-corrected chi connectivity index (χ4v) is 1.21. The van der Waals surface area contributed by atoms with Gasteiger partial charge in [-0.3, -0.25) is 0 Å². The summed E-state index contributed by atoms with van der Waals surface area (Å²) in [7, 11) is 0. The number of rotatable bonds is 4. The zero-order chi connectivity index (χ0) is 14.7. The second-order valence-corrected chi connectivity index (χ2v) is 4.72. The molecule has 1 aromatic rings. The topological polar surface area (TPSA) is 57.2 Å². The fourth-order valence-electron chi connectivity index (χ4n) is 1.21. The highest BCUT2D eigenvalue weighted by Crippen LogP contribution is 2.13. The summed E-state index contributed by atoms with van der Waals surface area (Å²) >= 11 is 0. The van der Waals surface area contributed by atoms with Gasteiger partial charge in [0.25, 0.3) is 0 Å². The summed E-state index contributed by atoms with van der Waals surface area (Å²) in [6.45, 7) is 4.06. The van der Waals surface area contributed by atoms with E-state index in [1.807, 2.05) is 20.8 Å². The third-order valence-electron chi connectivity index (χ3n) is 2.07. The number of β-amino-alcohol motifs (C(OH)–C–C–N with tert-alkyl or cyclic N) is 1. The molecule has 0 bridgehead atoms. The normalized spacial score (nSPS) is 17.1. The van der Waals surface area contributed by atoms with Crippen LogP contribution in [0.4, 0.5) is 5.82 Å². The Balaban J connectivity index is 2.70. The van der Waals surface area contributed by atoms with Crippen molar-refractivity contribution in [3.8, 4) is 0 Å². The third kappa shape index (κ3) is 4.16. The monoisotopic (exact) mass is 226 g/mol. The first kappa shape index (κ1) is 8.96. The van der Waals surface area contributed by atoms with Gasteiger partial charge in [-0.2, -0.15) is 0 Å². The van der Waals surface area contributed by atoms with Crippen LogP contribution >= 0.6 is 0 Å². The van der Waals surface area contributed by atoms with E-state index in [-0.39, 0.29) is 11.4 Å². The van der Waals surface area contributed by atoms with Crippen molar-refractivity contribution in [3.63, 3.8) is 0 Å². The summed E-state index contributed by atoms with van der Waals surface area (Å²) in [5.41, 5.74) is 0.334. The molecule has 4 heteroatoms. The van der Waals surface area contributed by atoms with Gasteiger partial charge < -0.3 is 15.7 Å². The Hall–Kier alpha value is -1.13. The Morgan fingerprint density at radius 2 is 2.25 bits per heavy atom. The first-order valence-corrected chi connectivity index (χ1v) is 5.25. The number of aliphatic hydroxyl groups excluding tert-OH is 1. The Morgan fingerprint density at radius 3 is 2.88 bits per heavy atom. The number of pyridine rings is 1. The van der Waals surface area contributed by atoms with E-state index in [9.17, 15) is 5.11 Å². The van der Waals surface area contributed by atoms with E-state index in [0.29, 0.717) is 12.2 Å². The molecular weight excluding hydrogens is 202 g/mol. The Morgan fingerprint density at radius 1 is 1.50 bits per heavy atom. The van der Waals surface area contributed by atoms with Gasteiger partial charge in [-0.1, -0.05) is 6.07 Å². The molecule has 0 aliphatic carbocycles. The smallest absolute Gasteiger partial charge is 0.126 e. The van der Waals surface area contributed by atoms with Crippen LogP contribution in [0.3, 0.4) is 0 Å². The van der Waals surface area contributed by atoms with E-state index in [2.05, 4.69) is 15.6 Å². The number of anilines is 1. The molecule has 1 aromatic heterocycles. The van der Waals surface area contributed by atoms with Crippen molar-refractivity contribution in [2.24, 2.45) is 0 Å². The third-order valence-corrected chi connectivity index (χ3v) is 2.07. The predicted molar refractivity (Wildman–Crippen MR) is 66.5 cm³/mol. The summed E-state index contributed by atoms with van der Waals surface area (Å²) in [4.78, 5) is 4.10. The van der Waals surface area contributed by atoms with E-state index in [1.165, 1.54) is 0 Å². The summed E-state index contributed by atoms with van der Waals surface area (Å²) in [5, 5.41) is 15.5. The highest BCUT2D eigenvalue weighted by Gasteiger charge is 2.14. The van der Waals surface area contributed by atoms with Crippen LogP contribution in [0.2, 0.25) is 0 Å². The molecule has 0 amide bonds. The van der Waals surface area contributed by atoms with Crippen molar-refractivity contribution in [2.75, 3.05) is 18.8 Å². The molecule has 0 aliphatic rings. The van der Waals surface area contributed by atoms with Crippen LogP contribution in [0.1, 0.15) is 36.7 Å². The number of nitrogens with zero attached hydrogens (tertiary/aromatic N) is 1. The number of hydrogen-bond acceptors (Lipinski definition) is 4. The molecular formula is C12H21N3O. The number of aromatic nitrogens is 1. The molecule has 0 radical (unpaired) electrons. The standard InChI is InChI=1S/C12H21N3O/c1-12(2,3)14-8-10(16)9-6-5-7-11(13-4)15-9/h5-7,10,14,16H,8H2,1-4H3,(H,13,15)/t10-/m0/s1/i4D3. The molecule has 0 spiro atoms. The van der Waals surface area contributed by atoms with E-state index in [1.54, 1.807) is 18.2 Å². The average Bonchev–Trinajstić information content (AvgIpc) is 2.23. The first-order valence-electron chi connectivity index (χ1n) is 6.75. The molecule has 1 heterocycles. The van der Waals surface area contributed by atoms with E-state index >= 15 is 0 Å². The maximum Gasteiger partial charge on any atom is 0.126 e. The van der Waals surface area contributed by atoms with Crippen LogP contribution in [0, 0.1) is 0 Å². The van der Waals surface area contributed by atoms with Crippen LogP contribution in [0.15, 0.2) is 18.2 Å². The summed E-state index contributed by atoms with van der Waals surface area (Å²) in [6, 6.07) is 4.89. The van der Waals surface area contributed by atoms with Gasteiger partial charge in [-0.05, 0) is 32.9 Å². The molecule has 0 unspecified atom stereocenters. The molecule has 0 fully saturated rings. The maximum atomic E-state index is 10.0. The van der Waals surface area contributed by atoms with Gasteiger partial charge in [-0.25, -0.2) is 4.98 Å². The molecule has 3 N–H and O–H groups in total. The zero-order valence-electron chi connectivity index (χ0n) is 12.9. The van der Waals surface area contributed by atoms with Crippen LogP contribution in [0.5, 0.6) is 0 Å². The van der Waals surface area contributed by atoms with Crippen molar-refractivity contribution < 1.29 is 9.22 Å². The molecule has 0 aromatic carbocycles. The Kier molecular flexibility index (Phi) is 2.95. The van der Waals surface area contributed by atoms with Crippen molar-refractivity contribution in [1.82, 2.24) is 10.3 Å². The largest absolute Gasteiger partial charge is 0.385 e. The number of nitrogens with one attached hydrogen (secondary N) is 2. The maximum absolute atomic E-state index is 10.0. The highest BCUT2D eigenvalue weighted by atomic mass is 16.3. The second-order valence-electron chi connectivity index (χ2n) is 4.72. The van der Waals surface area contributed by atoms with Crippen molar-refractivity contribution in [2.45, 2.75) is 32.4 Å². The van der Waals surface area contributed by atoms with Gasteiger partial charge in [0.15, 0.2) is 0 Å². The van der Waals surface area contributed by atoms with E-state index < -0.39 is 13.1 Å². The molecule has 90 valence electrons. The number of hydrogen-bond donors (Lipinski definition) is 3. The zero-order valence-corrected chi connectivity index (χ0v) is 9.91. The highest BCUT2D eigenvalue weighted by molar-refractivity contribution is 5.34. The lowest BCUT2D eigenvalue weighted by Gasteiger charge is -2.22. The second kappa shape index (κ2) is 5.27. The van der Waals surface area contributed by atoms with E-state index in [4.69, 9.17) is 4.11 Å². The lowest BCUT2D eigenvalue weighted by Crippen LogP contribution is -2.38. The molecule has 0 aliphatic heterocycles. The summed E-state index contributed by atoms with van der Waals surface area (Å²) in [6.07, 6.45) is -0.780. The molecule has 1 atom stereocenters. The minimum atomic E-state index is -2.29. The van der Waals surface area contributed by atoms with Crippen LogP contribution in [0.25, 0.3) is 0 Å². The van der Waals surface area contributed by atoms with Gasteiger partial charge in [0.2, 0.25) is 0 Å². The van der Waals surface area contributed by atoms with Crippen molar-refractivity contribution in [1.29, 1.82) is 0 Å². The molecule has 0 saturated heterocycles. The van der Waals surface area contributed by atoms with Gasteiger partial charge in [0.1, 0.15) is 11.9 Å². The predicted octanol–water partition coefficient (Wildman–Crippen LogP) is 1.54. The van der Waals surface area contributed by atoms with Crippen molar-refractivity contribution >= 4 is 5.82 Å². The lowest BCUT2D eigenvalue weighted by atomic mass is 10.1. The average molecular weight is 226 g/mol. The SMILES string of the molecule is [2H]C([2H])([2H])Nc1cccc([C@@H](O)CNC(C)(C)C)n1. The van der Waals surface area contributed by atoms with Gasteiger partial charge >= 0.3 is 0 Å². The van der Waals surface area contributed by atoms with Crippen LogP contribution in [-0.4, -0.2) is 29.2 Å². The summed E-state index contributed by atoms with van der Waals surface area (Å²) < 4.78 is 21.4.